The van der Waals surface area contributed by atoms with Crippen molar-refractivity contribution in [1.82, 2.24) is 20.2 Å². The van der Waals surface area contributed by atoms with Gasteiger partial charge in [0.15, 0.2) is 0 Å². The van der Waals surface area contributed by atoms with E-state index in [0.29, 0.717) is 50.2 Å². The topological polar surface area (TPSA) is 100.0 Å². The summed E-state index contributed by atoms with van der Waals surface area (Å²) in [5.74, 6) is 1.27. The molecule has 0 aliphatic carbocycles. The fourth-order valence-electron chi connectivity index (χ4n) is 2.48. The van der Waals surface area contributed by atoms with Gasteiger partial charge in [-0.05, 0) is 6.92 Å². The van der Waals surface area contributed by atoms with Gasteiger partial charge in [-0.2, -0.15) is 10.4 Å². The second-order valence-electron chi connectivity index (χ2n) is 5.33. The minimum absolute atomic E-state index is 0.0311. The van der Waals surface area contributed by atoms with Crippen LogP contribution >= 0.6 is 0 Å². The molecule has 8 heteroatoms. The number of nitriles is 1. The number of hydrogen-bond donors (Lipinski definition) is 1. The molecule has 1 aliphatic heterocycles. The van der Waals surface area contributed by atoms with Crippen LogP contribution in [0.2, 0.25) is 0 Å². The average molecular weight is 314 g/mol. The van der Waals surface area contributed by atoms with Gasteiger partial charge in [-0.25, -0.2) is 9.97 Å². The molecule has 0 unspecified atom stereocenters. The quantitative estimate of drug-likeness (QED) is 0.871. The molecular weight excluding hydrogens is 296 g/mol. The molecule has 8 nitrogen and oxygen atoms in total. The van der Waals surface area contributed by atoms with Crippen LogP contribution in [0.15, 0.2) is 18.5 Å². The normalized spacial score (nSPS) is 17.7. The van der Waals surface area contributed by atoms with E-state index in [1.165, 1.54) is 0 Å². The number of nitrogens with zero attached hydrogens (tertiary/aromatic N) is 5. The maximum Gasteiger partial charge on any atom is 0.146 e. The summed E-state index contributed by atoms with van der Waals surface area (Å²) in [4.78, 5) is 10.6. The zero-order chi connectivity index (χ0) is 16.1. The van der Waals surface area contributed by atoms with Crippen molar-refractivity contribution >= 4 is 5.82 Å². The molecule has 1 atom stereocenters. The number of aryl methyl sites for hydroxylation is 1. The lowest BCUT2D eigenvalue weighted by Gasteiger charge is -2.30. The summed E-state index contributed by atoms with van der Waals surface area (Å²) in [6.07, 6.45) is 3.58. The zero-order valence-electron chi connectivity index (χ0n) is 12.9. The van der Waals surface area contributed by atoms with Crippen molar-refractivity contribution in [3.8, 4) is 6.07 Å². The van der Waals surface area contributed by atoms with E-state index in [1.807, 2.05) is 6.20 Å². The summed E-state index contributed by atoms with van der Waals surface area (Å²) in [6, 6.07) is 3.76. The van der Waals surface area contributed by atoms with Crippen LogP contribution in [-0.4, -0.2) is 52.6 Å². The van der Waals surface area contributed by atoms with E-state index in [2.05, 4.69) is 31.1 Å². The predicted octanol–water partition coefficient (Wildman–Crippen LogP) is 0.802. The second-order valence-corrected chi connectivity index (χ2v) is 5.33. The highest BCUT2D eigenvalue weighted by molar-refractivity contribution is 5.43. The van der Waals surface area contributed by atoms with Crippen LogP contribution in [0, 0.1) is 18.3 Å². The third-order valence-corrected chi connectivity index (χ3v) is 3.50. The molecule has 0 bridgehead atoms. The minimum Gasteiger partial charge on any atom is -0.376 e. The number of hydrogen-bond acceptors (Lipinski definition) is 7. The Kier molecular flexibility index (Phi) is 4.80. The number of rotatable bonds is 5. The van der Waals surface area contributed by atoms with Crippen molar-refractivity contribution in [2.24, 2.45) is 0 Å². The van der Waals surface area contributed by atoms with Crippen LogP contribution in [0.3, 0.4) is 0 Å². The number of nitrogens with one attached hydrogen (secondary N) is 1. The Balaban J connectivity index is 1.84. The largest absolute Gasteiger partial charge is 0.376 e. The van der Waals surface area contributed by atoms with E-state index in [4.69, 9.17) is 14.7 Å². The molecule has 1 saturated heterocycles. The SMILES string of the molecule is Cc1nc(C#N)cc(N(Cc2cn[nH]c2)C[C@H]2COCCO2)n1. The summed E-state index contributed by atoms with van der Waals surface area (Å²) in [5, 5.41) is 15.9. The van der Waals surface area contributed by atoms with Gasteiger partial charge in [0.2, 0.25) is 0 Å². The number of aromatic nitrogens is 4. The van der Waals surface area contributed by atoms with Crippen LogP contribution in [0.25, 0.3) is 0 Å². The van der Waals surface area contributed by atoms with Crippen LogP contribution in [0.5, 0.6) is 0 Å². The lowest BCUT2D eigenvalue weighted by molar-refractivity contribution is -0.0841. The molecular formula is C15H18N6O2. The van der Waals surface area contributed by atoms with Gasteiger partial charge in [0, 0.05) is 30.9 Å². The summed E-state index contributed by atoms with van der Waals surface area (Å²) in [5.41, 5.74) is 1.38. The third-order valence-electron chi connectivity index (χ3n) is 3.50. The van der Waals surface area contributed by atoms with Gasteiger partial charge in [-0.1, -0.05) is 0 Å². The van der Waals surface area contributed by atoms with Gasteiger partial charge in [0.05, 0.1) is 32.1 Å². The molecule has 0 radical (unpaired) electrons. The first kappa shape index (κ1) is 15.4. The molecule has 0 amide bonds. The van der Waals surface area contributed by atoms with E-state index in [0.717, 1.165) is 5.56 Å². The number of H-pyrrole nitrogens is 1. The van der Waals surface area contributed by atoms with Gasteiger partial charge in [0.1, 0.15) is 23.4 Å². The van der Waals surface area contributed by atoms with E-state index < -0.39 is 0 Å². The van der Waals surface area contributed by atoms with Crippen LogP contribution in [0.4, 0.5) is 5.82 Å². The van der Waals surface area contributed by atoms with Gasteiger partial charge >= 0.3 is 0 Å². The average Bonchev–Trinajstić information content (AvgIpc) is 3.07. The van der Waals surface area contributed by atoms with E-state index in [1.54, 1.807) is 19.2 Å². The maximum absolute atomic E-state index is 9.13. The highest BCUT2D eigenvalue weighted by Gasteiger charge is 2.20. The van der Waals surface area contributed by atoms with Crippen molar-refractivity contribution in [3.63, 3.8) is 0 Å². The van der Waals surface area contributed by atoms with Crippen molar-refractivity contribution in [2.75, 3.05) is 31.3 Å². The van der Waals surface area contributed by atoms with Crippen LogP contribution in [0.1, 0.15) is 17.1 Å². The molecule has 3 rings (SSSR count). The summed E-state index contributed by atoms with van der Waals surface area (Å²) in [7, 11) is 0. The Morgan fingerprint density at radius 3 is 3.04 bits per heavy atom. The minimum atomic E-state index is -0.0311. The highest BCUT2D eigenvalue weighted by Crippen LogP contribution is 2.17. The van der Waals surface area contributed by atoms with Gasteiger partial charge in [-0.3, -0.25) is 5.10 Å². The first-order chi connectivity index (χ1) is 11.2. The van der Waals surface area contributed by atoms with Crippen molar-refractivity contribution < 1.29 is 9.47 Å². The van der Waals surface area contributed by atoms with Crippen LogP contribution < -0.4 is 4.90 Å². The molecule has 1 aliphatic rings. The lowest BCUT2D eigenvalue weighted by atomic mass is 10.2. The Morgan fingerprint density at radius 2 is 2.35 bits per heavy atom. The van der Waals surface area contributed by atoms with E-state index >= 15 is 0 Å². The predicted molar refractivity (Wildman–Crippen MR) is 81.7 cm³/mol. The number of anilines is 1. The fourth-order valence-corrected chi connectivity index (χ4v) is 2.48. The first-order valence-corrected chi connectivity index (χ1v) is 7.42. The Hall–Kier alpha value is -2.50. The van der Waals surface area contributed by atoms with Gasteiger partial charge in [-0.15, -0.1) is 0 Å². The smallest absolute Gasteiger partial charge is 0.146 e. The van der Waals surface area contributed by atoms with E-state index in [-0.39, 0.29) is 6.10 Å². The monoisotopic (exact) mass is 314 g/mol. The van der Waals surface area contributed by atoms with Gasteiger partial charge in [0.25, 0.3) is 0 Å². The lowest BCUT2D eigenvalue weighted by Crippen LogP contribution is -2.40. The molecule has 3 heterocycles. The molecule has 1 N–H and O–H groups in total. The molecule has 120 valence electrons. The van der Waals surface area contributed by atoms with Gasteiger partial charge < -0.3 is 14.4 Å². The molecule has 0 saturated carbocycles. The molecule has 1 fully saturated rings. The number of aromatic amines is 1. The Labute approximate surface area is 134 Å². The van der Waals surface area contributed by atoms with Crippen molar-refractivity contribution in [2.45, 2.75) is 19.6 Å². The standard InChI is InChI=1S/C15H18N6O2/c1-11-19-13(5-16)4-15(20-11)21(8-12-6-17-18-7-12)9-14-10-22-2-3-23-14/h4,6-7,14H,2-3,8-10H2,1H3,(H,17,18)/t14-/m0/s1. The Bertz CT molecular complexity index is 676. The molecule has 0 spiro atoms. The molecule has 2 aromatic rings. The number of ether oxygens (including phenoxy) is 2. The summed E-state index contributed by atoms with van der Waals surface area (Å²) < 4.78 is 11.2. The summed E-state index contributed by atoms with van der Waals surface area (Å²) >= 11 is 0. The fraction of sp³-hybridized carbons (Fsp3) is 0.467. The molecule has 23 heavy (non-hydrogen) atoms. The highest BCUT2D eigenvalue weighted by atomic mass is 16.6. The third kappa shape index (κ3) is 4.03. The van der Waals surface area contributed by atoms with Crippen molar-refractivity contribution in [1.29, 1.82) is 5.26 Å². The summed E-state index contributed by atoms with van der Waals surface area (Å²) in [6.45, 7) is 4.78. The van der Waals surface area contributed by atoms with E-state index in [9.17, 15) is 0 Å². The molecule has 2 aromatic heterocycles. The molecule has 0 aromatic carbocycles. The first-order valence-electron chi connectivity index (χ1n) is 7.42. The maximum atomic E-state index is 9.13. The van der Waals surface area contributed by atoms with Crippen molar-refractivity contribution in [3.05, 3.63) is 35.5 Å². The van der Waals surface area contributed by atoms with Crippen LogP contribution in [-0.2, 0) is 16.0 Å². The second kappa shape index (κ2) is 7.17. The zero-order valence-corrected chi connectivity index (χ0v) is 12.9. The Morgan fingerprint density at radius 1 is 1.43 bits per heavy atom.